The molecule has 2 rings (SSSR count). The molecular formula is C15H27N5O. The molecule has 0 radical (unpaired) electrons. The quantitative estimate of drug-likeness (QED) is 0.485. The lowest BCUT2D eigenvalue weighted by atomic mass is 9.94. The monoisotopic (exact) mass is 293 g/mol. The van der Waals surface area contributed by atoms with Gasteiger partial charge < -0.3 is 15.4 Å². The summed E-state index contributed by atoms with van der Waals surface area (Å²) in [6.45, 7) is 5.76. The highest BCUT2D eigenvalue weighted by Gasteiger charge is 2.22. The van der Waals surface area contributed by atoms with Gasteiger partial charge in [-0.2, -0.15) is 5.10 Å². The molecule has 1 aliphatic rings. The van der Waals surface area contributed by atoms with E-state index in [9.17, 15) is 0 Å². The van der Waals surface area contributed by atoms with Crippen molar-refractivity contribution in [1.82, 2.24) is 20.4 Å². The molecule has 21 heavy (non-hydrogen) atoms. The molecule has 1 heterocycles. The number of methoxy groups -OCH3 is 1. The summed E-state index contributed by atoms with van der Waals surface area (Å²) in [6.07, 6.45) is 5.35. The summed E-state index contributed by atoms with van der Waals surface area (Å²) in [5.41, 5.74) is 2.61. The fourth-order valence-corrected chi connectivity index (χ4v) is 2.56. The normalized spacial score (nSPS) is 18.7. The fourth-order valence-electron chi connectivity index (χ4n) is 2.56. The molecule has 0 aliphatic heterocycles. The molecule has 0 spiro atoms. The average Bonchev–Trinajstić information content (AvgIpc) is 2.90. The molecule has 1 atom stereocenters. The predicted octanol–water partition coefficient (Wildman–Crippen LogP) is 1.13. The zero-order valence-electron chi connectivity index (χ0n) is 13.5. The van der Waals surface area contributed by atoms with E-state index >= 15 is 0 Å². The first-order valence-electron chi connectivity index (χ1n) is 7.67. The van der Waals surface area contributed by atoms with Crippen molar-refractivity contribution in [3.8, 4) is 0 Å². The van der Waals surface area contributed by atoms with Gasteiger partial charge in [0, 0.05) is 45.4 Å². The maximum Gasteiger partial charge on any atom is 0.191 e. The van der Waals surface area contributed by atoms with Crippen LogP contribution in [0.1, 0.15) is 37.6 Å². The SMILES string of the molecule is CN=C(NCCOC)NC1CCc2cn(C(C)C)nc2C1. The summed E-state index contributed by atoms with van der Waals surface area (Å²) in [5, 5.41) is 11.4. The smallest absolute Gasteiger partial charge is 0.191 e. The number of ether oxygens (including phenoxy) is 1. The largest absolute Gasteiger partial charge is 0.383 e. The van der Waals surface area contributed by atoms with E-state index < -0.39 is 0 Å². The summed E-state index contributed by atoms with van der Waals surface area (Å²) in [6, 6.07) is 0.812. The maximum absolute atomic E-state index is 5.04. The van der Waals surface area contributed by atoms with Crippen LogP contribution in [0.4, 0.5) is 0 Å². The molecule has 0 saturated heterocycles. The molecule has 0 saturated carbocycles. The Morgan fingerprint density at radius 2 is 2.38 bits per heavy atom. The van der Waals surface area contributed by atoms with Gasteiger partial charge in [0.25, 0.3) is 0 Å². The van der Waals surface area contributed by atoms with Crippen LogP contribution in [0.15, 0.2) is 11.2 Å². The zero-order chi connectivity index (χ0) is 15.2. The number of aryl methyl sites for hydroxylation is 1. The molecule has 0 fully saturated rings. The lowest BCUT2D eigenvalue weighted by Gasteiger charge is -2.24. The number of hydrogen-bond acceptors (Lipinski definition) is 3. The number of rotatable bonds is 5. The molecule has 1 aliphatic carbocycles. The summed E-state index contributed by atoms with van der Waals surface area (Å²) >= 11 is 0. The minimum absolute atomic E-state index is 0.391. The van der Waals surface area contributed by atoms with Crippen molar-refractivity contribution in [3.63, 3.8) is 0 Å². The molecule has 0 bridgehead atoms. The number of guanidine groups is 1. The Bertz CT molecular complexity index is 480. The third kappa shape index (κ3) is 4.20. The molecular weight excluding hydrogens is 266 g/mol. The molecule has 1 aromatic heterocycles. The Hall–Kier alpha value is -1.56. The Morgan fingerprint density at radius 1 is 1.57 bits per heavy atom. The number of fused-ring (bicyclic) bond motifs is 1. The molecule has 0 aromatic carbocycles. The van der Waals surface area contributed by atoms with Gasteiger partial charge in [0.2, 0.25) is 0 Å². The van der Waals surface area contributed by atoms with Crippen molar-refractivity contribution in [3.05, 3.63) is 17.5 Å². The minimum atomic E-state index is 0.391. The van der Waals surface area contributed by atoms with E-state index in [0.717, 1.165) is 31.8 Å². The van der Waals surface area contributed by atoms with Crippen LogP contribution in [0.5, 0.6) is 0 Å². The van der Waals surface area contributed by atoms with Gasteiger partial charge in [-0.1, -0.05) is 0 Å². The Labute approximate surface area is 127 Å². The maximum atomic E-state index is 5.04. The van der Waals surface area contributed by atoms with Gasteiger partial charge in [0.15, 0.2) is 5.96 Å². The summed E-state index contributed by atoms with van der Waals surface area (Å²) < 4.78 is 7.11. The lowest BCUT2D eigenvalue weighted by molar-refractivity contribution is 0.203. The summed E-state index contributed by atoms with van der Waals surface area (Å²) in [4.78, 5) is 4.26. The van der Waals surface area contributed by atoms with Crippen molar-refractivity contribution in [2.24, 2.45) is 4.99 Å². The second kappa shape index (κ2) is 7.45. The lowest BCUT2D eigenvalue weighted by Crippen LogP contribution is -2.46. The van der Waals surface area contributed by atoms with Crippen LogP contribution in [0.2, 0.25) is 0 Å². The molecule has 0 amide bonds. The predicted molar refractivity (Wildman–Crippen MR) is 84.8 cm³/mol. The van der Waals surface area contributed by atoms with Gasteiger partial charge >= 0.3 is 0 Å². The second-order valence-corrected chi connectivity index (χ2v) is 5.75. The van der Waals surface area contributed by atoms with Crippen LogP contribution in [0.25, 0.3) is 0 Å². The Morgan fingerprint density at radius 3 is 3.05 bits per heavy atom. The van der Waals surface area contributed by atoms with Gasteiger partial charge in [-0.25, -0.2) is 0 Å². The Balaban J connectivity index is 1.91. The van der Waals surface area contributed by atoms with Crippen LogP contribution >= 0.6 is 0 Å². The molecule has 1 aromatic rings. The Kier molecular flexibility index (Phi) is 5.61. The van der Waals surface area contributed by atoms with E-state index in [4.69, 9.17) is 9.84 Å². The van der Waals surface area contributed by atoms with E-state index in [-0.39, 0.29) is 0 Å². The number of nitrogens with zero attached hydrogens (tertiary/aromatic N) is 3. The van der Waals surface area contributed by atoms with E-state index in [1.54, 1.807) is 14.2 Å². The first kappa shape index (κ1) is 15.8. The van der Waals surface area contributed by atoms with Gasteiger partial charge in [-0.05, 0) is 32.3 Å². The topological polar surface area (TPSA) is 63.5 Å². The highest BCUT2D eigenvalue weighted by molar-refractivity contribution is 5.80. The zero-order valence-corrected chi connectivity index (χ0v) is 13.5. The average molecular weight is 293 g/mol. The van der Waals surface area contributed by atoms with Crippen molar-refractivity contribution >= 4 is 5.96 Å². The third-order valence-electron chi connectivity index (χ3n) is 3.79. The van der Waals surface area contributed by atoms with Crippen molar-refractivity contribution in [2.75, 3.05) is 27.3 Å². The fraction of sp³-hybridized carbons (Fsp3) is 0.733. The second-order valence-electron chi connectivity index (χ2n) is 5.75. The summed E-state index contributed by atoms with van der Waals surface area (Å²) in [5.74, 6) is 0.837. The third-order valence-corrected chi connectivity index (χ3v) is 3.79. The molecule has 2 N–H and O–H groups in total. The minimum Gasteiger partial charge on any atom is -0.383 e. The van der Waals surface area contributed by atoms with Crippen molar-refractivity contribution < 1.29 is 4.74 Å². The molecule has 6 heteroatoms. The van der Waals surface area contributed by atoms with E-state index in [2.05, 4.69) is 40.4 Å². The van der Waals surface area contributed by atoms with E-state index in [0.29, 0.717) is 18.7 Å². The standard InChI is InChI=1S/C15H27N5O/c1-11(2)20-10-12-5-6-13(9-14(12)19-20)18-15(16-3)17-7-8-21-4/h10-11,13H,5-9H2,1-4H3,(H2,16,17,18). The van der Waals surface area contributed by atoms with Crippen LogP contribution in [-0.4, -0.2) is 49.1 Å². The van der Waals surface area contributed by atoms with Crippen molar-refractivity contribution in [2.45, 2.75) is 45.2 Å². The van der Waals surface area contributed by atoms with Crippen molar-refractivity contribution in [1.29, 1.82) is 0 Å². The first-order chi connectivity index (χ1) is 10.1. The van der Waals surface area contributed by atoms with E-state index in [1.807, 2.05) is 0 Å². The van der Waals surface area contributed by atoms with Crippen LogP contribution in [0, 0.1) is 0 Å². The van der Waals surface area contributed by atoms with Gasteiger partial charge in [0.05, 0.1) is 12.3 Å². The highest BCUT2D eigenvalue weighted by atomic mass is 16.5. The van der Waals surface area contributed by atoms with Crippen LogP contribution in [-0.2, 0) is 17.6 Å². The first-order valence-corrected chi connectivity index (χ1v) is 7.67. The number of aliphatic imine (C=N–C) groups is 1. The van der Waals surface area contributed by atoms with E-state index in [1.165, 1.54) is 11.3 Å². The van der Waals surface area contributed by atoms with Gasteiger partial charge in [-0.15, -0.1) is 0 Å². The number of aromatic nitrogens is 2. The highest BCUT2D eigenvalue weighted by Crippen LogP contribution is 2.21. The van der Waals surface area contributed by atoms with Crippen LogP contribution < -0.4 is 10.6 Å². The number of nitrogens with one attached hydrogen (secondary N) is 2. The van der Waals surface area contributed by atoms with Crippen LogP contribution in [0.3, 0.4) is 0 Å². The number of hydrogen-bond donors (Lipinski definition) is 2. The van der Waals surface area contributed by atoms with Gasteiger partial charge in [-0.3, -0.25) is 9.67 Å². The summed E-state index contributed by atoms with van der Waals surface area (Å²) in [7, 11) is 3.50. The molecule has 1 unspecified atom stereocenters. The molecule has 6 nitrogen and oxygen atoms in total. The molecule has 118 valence electrons. The van der Waals surface area contributed by atoms with Gasteiger partial charge in [0.1, 0.15) is 0 Å².